The molecule has 0 bridgehead atoms. The number of nitrogens with one attached hydrogen (secondary N) is 1. The summed E-state index contributed by atoms with van der Waals surface area (Å²) in [5.41, 5.74) is -0.668. The van der Waals surface area contributed by atoms with Crippen molar-refractivity contribution in [1.82, 2.24) is 10.2 Å². The summed E-state index contributed by atoms with van der Waals surface area (Å²) in [7, 11) is 1.74. The fourth-order valence-electron chi connectivity index (χ4n) is 2.64. The molecule has 0 aromatic heterocycles. The minimum Gasteiger partial charge on any atom is -0.388 e. The summed E-state index contributed by atoms with van der Waals surface area (Å²) in [5.74, 6) is 0. The number of urea groups is 1. The summed E-state index contributed by atoms with van der Waals surface area (Å²) in [5, 5.41) is 13.1. The highest BCUT2D eigenvalue weighted by Gasteiger charge is 2.33. The molecule has 2 N–H and O–H groups in total. The smallest absolute Gasteiger partial charge is 0.317 e. The van der Waals surface area contributed by atoms with Crippen LogP contribution in [0.5, 0.6) is 0 Å². The molecule has 1 saturated carbocycles. The van der Waals surface area contributed by atoms with E-state index in [1.54, 1.807) is 11.9 Å². The highest BCUT2D eigenvalue weighted by molar-refractivity contribution is 5.74. The van der Waals surface area contributed by atoms with Gasteiger partial charge in [-0.1, -0.05) is 12.8 Å². The monoisotopic (exact) mass is 242 g/mol. The maximum Gasteiger partial charge on any atom is 0.317 e. The van der Waals surface area contributed by atoms with Gasteiger partial charge in [0.05, 0.1) is 24.8 Å². The second-order valence-corrected chi connectivity index (χ2v) is 5.30. The van der Waals surface area contributed by atoms with Crippen LogP contribution in [-0.4, -0.2) is 54.5 Å². The zero-order valence-electron chi connectivity index (χ0n) is 10.4. The van der Waals surface area contributed by atoms with E-state index in [1.807, 2.05) is 0 Å². The van der Waals surface area contributed by atoms with E-state index >= 15 is 0 Å². The first kappa shape index (κ1) is 12.6. The van der Waals surface area contributed by atoms with Gasteiger partial charge >= 0.3 is 6.03 Å². The number of aliphatic hydroxyl groups is 1. The second kappa shape index (κ2) is 5.23. The van der Waals surface area contributed by atoms with Crippen LogP contribution in [0.3, 0.4) is 0 Å². The number of rotatable bonds is 3. The predicted octanol–water partition coefficient (Wildman–Crippen LogP) is 0.722. The first-order valence-electron chi connectivity index (χ1n) is 6.41. The molecule has 1 aliphatic heterocycles. The third-order valence-electron chi connectivity index (χ3n) is 3.67. The Morgan fingerprint density at radius 1 is 1.53 bits per heavy atom. The summed E-state index contributed by atoms with van der Waals surface area (Å²) in [6, 6.07) is 0.0176. The summed E-state index contributed by atoms with van der Waals surface area (Å²) in [6.45, 7) is 1.74. The van der Waals surface area contributed by atoms with E-state index in [0.29, 0.717) is 13.2 Å². The van der Waals surface area contributed by atoms with Gasteiger partial charge in [-0.2, -0.15) is 0 Å². The lowest BCUT2D eigenvalue weighted by atomic mass is 10.0. The van der Waals surface area contributed by atoms with Crippen molar-refractivity contribution in [1.29, 1.82) is 0 Å². The summed E-state index contributed by atoms with van der Waals surface area (Å²) < 4.78 is 5.21. The van der Waals surface area contributed by atoms with Gasteiger partial charge in [0.2, 0.25) is 0 Å². The Bertz CT molecular complexity index is 271. The highest BCUT2D eigenvalue weighted by Crippen LogP contribution is 2.29. The first-order valence-corrected chi connectivity index (χ1v) is 6.41. The molecule has 5 heteroatoms. The largest absolute Gasteiger partial charge is 0.388 e. The Morgan fingerprint density at radius 2 is 2.24 bits per heavy atom. The van der Waals surface area contributed by atoms with Gasteiger partial charge in [-0.25, -0.2) is 4.79 Å². The van der Waals surface area contributed by atoms with Crippen molar-refractivity contribution in [3.63, 3.8) is 0 Å². The molecule has 1 aliphatic carbocycles. The van der Waals surface area contributed by atoms with Crippen LogP contribution >= 0.6 is 0 Å². The maximum absolute atomic E-state index is 11.9. The zero-order valence-corrected chi connectivity index (χ0v) is 10.4. The lowest BCUT2D eigenvalue weighted by molar-refractivity contribution is 0.0244. The van der Waals surface area contributed by atoms with Gasteiger partial charge in [0, 0.05) is 13.7 Å². The highest BCUT2D eigenvalue weighted by atomic mass is 16.5. The van der Waals surface area contributed by atoms with E-state index in [0.717, 1.165) is 38.7 Å². The number of ether oxygens (including phenoxy) is 1. The number of likely N-dealkylation sites (N-methyl/N-ethyl adjacent to an activating group) is 1. The Balaban J connectivity index is 1.78. The lowest BCUT2D eigenvalue weighted by Gasteiger charge is -2.29. The van der Waals surface area contributed by atoms with Crippen molar-refractivity contribution in [3.05, 3.63) is 0 Å². The lowest BCUT2D eigenvalue weighted by Crippen LogP contribution is -2.48. The average molecular weight is 242 g/mol. The van der Waals surface area contributed by atoms with Crippen LogP contribution in [0.1, 0.15) is 32.1 Å². The van der Waals surface area contributed by atoms with Gasteiger partial charge in [0.25, 0.3) is 0 Å². The number of hydrogen-bond donors (Lipinski definition) is 2. The number of amides is 2. The first-order chi connectivity index (χ1) is 8.09. The molecular formula is C12H22N2O3. The summed E-state index contributed by atoms with van der Waals surface area (Å²) in [4.78, 5) is 13.5. The van der Waals surface area contributed by atoms with E-state index in [-0.39, 0.29) is 12.1 Å². The minimum atomic E-state index is -0.668. The molecule has 0 radical (unpaired) electrons. The van der Waals surface area contributed by atoms with Crippen LogP contribution in [-0.2, 0) is 4.74 Å². The van der Waals surface area contributed by atoms with Crippen molar-refractivity contribution in [2.24, 2.45) is 0 Å². The maximum atomic E-state index is 11.9. The summed E-state index contributed by atoms with van der Waals surface area (Å²) >= 11 is 0. The van der Waals surface area contributed by atoms with E-state index in [9.17, 15) is 9.90 Å². The van der Waals surface area contributed by atoms with E-state index < -0.39 is 5.60 Å². The van der Waals surface area contributed by atoms with Gasteiger partial charge in [-0.05, 0) is 19.3 Å². The van der Waals surface area contributed by atoms with Crippen molar-refractivity contribution in [2.45, 2.75) is 43.7 Å². The number of carbonyl (C=O) groups excluding carboxylic acids is 1. The van der Waals surface area contributed by atoms with Crippen molar-refractivity contribution in [3.8, 4) is 0 Å². The fourth-order valence-corrected chi connectivity index (χ4v) is 2.64. The van der Waals surface area contributed by atoms with Gasteiger partial charge < -0.3 is 20.1 Å². The van der Waals surface area contributed by atoms with E-state index in [1.165, 1.54) is 0 Å². The van der Waals surface area contributed by atoms with Gasteiger partial charge in [-0.3, -0.25) is 0 Å². The number of nitrogens with zero attached hydrogens (tertiary/aromatic N) is 1. The van der Waals surface area contributed by atoms with E-state index in [4.69, 9.17) is 4.74 Å². The van der Waals surface area contributed by atoms with Gasteiger partial charge in [0.1, 0.15) is 0 Å². The summed E-state index contributed by atoms with van der Waals surface area (Å²) in [6.07, 6.45) is 4.60. The molecule has 0 spiro atoms. The van der Waals surface area contributed by atoms with Crippen molar-refractivity contribution < 1.29 is 14.6 Å². The molecule has 0 aromatic rings. The molecule has 2 amide bonds. The minimum absolute atomic E-state index is 0.110. The third kappa shape index (κ3) is 3.33. The molecule has 17 heavy (non-hydrogen) atoms. The molecule has 1 heterocycles. The predicted molar refractivity (Wildman–Crippen MR) is 63.8 cm³/mol. The van der Waals surface area contributed by atoms with E-state index in [2.05, 4.69) is 5.32 Å². The Labute approximate surface area is 102 Å². The van der Waals surface area contributed by atoms with Crippen LogP contribution in [0, 0.1) is 0 Å². The molecular weight excluding hydrogens is 220 g/mol. The molecule has 98 valence electrons. The average Bonchev–Trinajstić information content (AvgIpc) is 2.90. The Hall–Kier alpha value is -0.810. The van der Waals surface area contributed by atoms with Crippen LogP contribution in [0.2, 0.25) is 0 Å². The Kier molecular flexibility index (Phi) is 3.89. The molecule has 1 atom stereocenters. The third-order valence-corrected chi connectivity index (χ3v) is 3.67. The number of carbonyl (C=O) groups is 1. The quantitative estimate of drug-likeness (QED) is 0.766. The second-order valence-electron chi connectivity index (χ2n) is 5.30. The van der Waals surface area contributed by atoms with Crippen LogP contribution in [0.25, 0.3) is 0 Å². The number of hydrogen-bond acceptors (Lipinski definition) is 3. The normalized spacial score (nSPS) is 27.1. The molecule has 5 nitrogen and oxygen atoms in total. The molecule has 1 saturated heterocycles. The standard InChI is InChI=1S/C12H22N2O3/c1-14(9-12(16)5-2-3-6-12)11(15)13-10-4-7-17-8-10/h10,16H,2-9H2,1H3,(H,13,15). The van der Waals surface area contributed by atoms with Crippen LogP contribution < -0.4 is 5.32 Å². The molecule has 2 fully saturated rings. The fraction of sp³-hybridized carbons (Fsp3) is 0.917. The van der Waals surface area contributed by atoms with Gasteiger partial charge in [0.15, 0.2) is 0 Å². The SMILES string of the molecule is CN(CC1(O)CCCC1)C(=O)NC1CCOC1. The van der Waals surface area contributed by atoms with Crippen molar-refractivity contribution >= 4 is 6.03 Å². The zero-order chi connectivity index (χ0) is 12.3. The van der Waals surface area contributed by atoms with Crippen molar-refractivity contribution in [2.75, 3.05) is 26.8 Å². The molecule has 2 aliphatic rings. The Morgan fingerprint density at radius 3 is 2.82 bits per heavy atom. The van der Waals surface area contributed by atoms with Crippen LogP contribution in [0.15, 0.2) is 0 Å². The molecule has 0 aromatic carbocycles. The van der Waals surface area contributed by atoms with Crippen LogP contribution in [0.4, 0.5) is 4.79 Å². The molecule has 2 rings (SSSR count). The topological polar surface area (TPSA) is 61.8 Å². The molecule has 1 unspecified atom stereocenters. The van der Waals surface area contributed by atoms with Gasteiger partial charge in [-0.15, -0.1) is 0 Å².